The molecule has 7 heteroatoms. The summed E-state index contributed by atoms with van der Waals surface area (Å²) < 4.78 is 2.91. The quantitative estimate of drug-likeness (QED) is 0.709. The summed E-state index contributed by atoms with van der Waals surface area (Å²) in [6.45, 7) is 2.98. The van der Waals surface area contributed by atoms with Gasteiger partial charge in [-0.15, -0.1) is 12.4 Å². The first-order valence-corrected chi connectivity index (χ1v) is 9.26. The summed E-state index contributed by atoms with van der Waals surface area (Å²) in [6.07, 6.45) is 7.43. The van der Waals surface area contributed by atoms with Gasteiger partial charge in [0.15, 0.2) is 0 Å². The molecule has 1 fully saturated rings. The van der Waals surface area contributed by atoms with Crippen molar-refractivity contribution >= 4 is 39.9 Å². The molecule has 0 radical (unpaired) electrons. The Bertz CT molecular complexity index is 668. The van der Waals surface area contributed by atoms with Crippen molar-refractivity contribution in [3.05, 3.63) is 46.7 Å². The Hall–Kier alpha value is -1.37. The molecule has 1 aliphatic rings. The molecule has 0 saturated carbocycles. The second-order valence-corrected chi connectivity index (χ2v) is 7.23. The molecular formula is C18H24BrClN4O. The van der Waals surface area contributed by atoms with Gasteiger partial charge in [-0.05, 0) is 71.9 Å². The van der Waals surface area contributed by atoms with Crippen molar-refractivity contribution in [3.8, 4) is 0 Å². The Morgan fingerprint density at radius 1 is 1.36 bits per heavy atom. The molecule has 136 valence electrons. The average molecular weight is 428 g/mol. The van der Waals surface area contributed by atoms with E-state index in [-0.39, 0.29) is 18.3 Å². The van der Waals surface area contributed by atoms with E-state index in [9.17, 15) is 4.79 Å². The number of halogens is 2. The van der Waals surface area contributed by atoms with Crippen molar-refractivity contribution in [1.29, 1.82) is 0 Å². The highest BCUT2D eigenvalue weighted by Gasteiger charge is 2.15. The second-order valence-electron chi connectivity index (χ2n) is 6.31. The Morgan fingerprint density at radius 2 is 2.16 bits per heavy atom. The fourth-order valence-corrected chi connectivity index (χ4v) is 3.31. The Labute approximate surface area is 163 Å². The topological polar surface area (TPSA) is 59.0 Å². The van der Waals surface area contributed by atoms with Crippen LogP contribution in [0.5, 0.6) is 0 Å². The van der Waals surface area contributed by atoms with Crippen molar-refractivity contribution in [2.75, 3.05) is 18.4 Å². The molecule has 5 nitrogen and oxygen atoms in total. The highest BCUT2D eigenvalue weighted by Crippen LogP contribution is 2.16. The Morgan fingerprint density at radius 3 is 2.80 bits per heavy atom. The van der Waals surface area contributed by atoms with Gasteiger partial charge in [-0.25, -0.2) is 0 Å². The van der Waals surface area contributed by atoms with E-state index in [4.69, 9.17) is 0 Å². The van der Waals surface area contributed by atoms with E-state index < -0.39 is 0 Å². The molecule has 1 aromatic carbocycles. The van der Waals surface area contributed by atoms with Crippen molar-refractivity contribution in [2.24, 2.45) is 5.92 Å². The van der Waals surface area contributed by atoms with Crippen LogP contribution < -0.4 is 10.6 Å². The molecule has 0 bridgehead atoms. The zero-order valence-corrected chi connectivity index (χ0v) is 16.5. The number of benzene rings is 1. The third-order valence-corrected chi connectivity index (χ3v) is 4.82. The minimum atomic E-state index is 0. The molecule has 0 spiro atoms. The molecule has 25 heavy (non-hydrogen) atoms. The number of hydrogen-bond acceptors (Lipinski definition) is 3. The minimum absolute atomic E-state index is 0. The highest BCUT2D eigenvalue weighted by atomic mass is 79.9. The summed E-state index contributed by atoms with van der Waals surface area (Å²) in [4.78, 5) is 12.0. The van der Waals surface area contributed by atoms with Crippen LogP contribution >= 0.6 is 28.3 Å². The molecule has 1 aromatic heterocycles. The third kappa shape index (κ3) is 6.45. The lowest BCUT2D eigenvalue weighted by molar-refractivity contribution is -0.116. The van der Waals surface area contributed by atoms with Crippen molar-refractivity contribution < 1.29 is 4.79 Å². The number of nitrogens with zero attached hydrogens (tertiary/aromatic N) is 2. The van der Waals surface area contributed by atoms with Gasteiger partial charge in [0.1, 0.15) is 0 Å². The number of carbonyl (C=O) groups excluding carboxylic acids is 1. The van der Waals surface area contributed by atoms with Crippen LogP contribution in [-0.2, 0) is 17.8 Å². The Kier molecular flexibility index (Phi) is 7.93. The Balaban J connectivity index is 0.00000225. The van der Waals surface area contributed by atoms with E-state index in [1.165, 1.54) is 12.0 Å². The summed E-state index contributed by atoms with van der Waals surface area (Å²) in [7, 11) is 0. The summed E-state index contributed by atoms with van der Waals surface area (Å²) in [5, 5.41) is 10.6. The molecule has 0 aliphatic carbocycles. The van der Waals surface area contributed by atoms with Crippen molar-refractivity contribution in [2.45, 2.75) is 32.2 Å². The normalized spacial score (nSPS) is 16.4. The van der Waals surface area contributed by atoms with Gasteiger partial charge in [-0.1, -0.05) is 12.1 Å². The highest BCUT2D eigenvalue weighted by molar-refractivity contribution is 9.10. The van der Waals surface area contributed by atoms with Crippen molar-refractivity contribution in [3.63, 3.8) is 0 Å². The maximum absolute atomic E-state index is 12.0. The summed E-state index contributed by atoms with van der Waals surface area (Å²) in [5.74, 6) is 0.761. The summed E-state index contributed by atoms with van der Waals surface area (Å²) >= 11 is 3.40. The standard InChI is InChI=1S/C18H23BrN4O.ClH/c19-16-12-21-23(13-16)10-8-14-1-4-17(5-2-14)22-18(24)6-3-15-7-9-20-11-15;/h1-2,4-5,12-13,15,20H,3,6-11H2,(H,22,24);1H. The number of amides is 1. The predicted molar refractivity (Wildman–Crippen MR) is 106 cm³/mol. The van der Waals surface area contributed by atoms with Gasteiger partial charge < -0.3 is 10.6 Å². The summed E-state index contributed by atoms with van der Waals surface area (Å²) in [6, 6.07) is 8.08. The molecule has 3 rings (SSSR count). The van der Waals surface area contributed by atoms with Crippen LogP contribution in [0.25, 0.3) is 0 Å². The van der Waals surface area contributed by atoms with Crippen LogP contribution in [0, 0.1) is 5.92 Å². The number of anilines is 1. The SMILES string of the molecule is Cl.O=C(CCC1CCNC1)Nc1ccc(CCn2cc(Br)cn2)cc1. The van der Waals surface area contributed by atoms with Gasteiger partial charge in [0, 0.05) is 24.8 Å². The number of aryl methyl sites for hydroxylation is 2. The van der Waals surface area contributed by atoms with E-state index in [1.54, 1.807) is 6.20 Å². The minimum Gasteiger partial charge on any atom is -0.326 e. The lowest BCUT2D eigenvalue weighted by atomic mass is 10.0. The van der Waals surface area contributed by atoms with Crippen LogP contribution in [0.1, 0.15) is 24.8 Å². The largest absolute Gasteiger partial charge is 0.326 e. The van der Waals surface area contributed by atoms with Gasteiger partial charge >= 0.3 is 0 Å². The first-order chi connectivity index (χ1) is 11.7. The van der Waals surface area contributed by atoms with E-state index in [2.05, 4.69) is 43.8 Å². The summed E-state index contributed by atoms with van der Waals surface area (Å²) in [5.41, 5.74) is 2.10. The molecular weight excluding hydrogens is 404 g/mol. The van der Waals surface area contributed by atoms with E-state index in [0.29, 0.717) is 12.3 Å². The van der Waals surface area contributed by atoms with Gasteiger partial charge in [0.2, 0.25) is 5.91 Å². The molecule has 2 aromatic rings. The number of rotatable bonds is 7. The smallest absolute Gasteiger partial charge is 0.224 e. The number of hydrogen-bond donors (Lipinski definition) is 2. The van der Waals surface area contributed by atoms with Gasteiger partial charge in [0.05, 0.1) is 10.7 Å². The number of aromatic nitrogens is 2. The fourth-order valence-electron chi connectivity index (χ4n) is 2.98. The van der Waals surface area contributed by atoms with Gasteiger partial charge in [-0.2, -0.15) is 5.10 Å². The average Bonchev–Trinajstić information content (AvgIpc) is 3.24. The number of carbonyl (C=O) groups is 1. The molecule has 1 aliphatic heterocycles. The zero-order valence-electron chi connectivity index (χ0n) is 14.1. The van der Waals surface area contributed by atoms with Crippen LogP contribution in [-0.4, -0.2) is 28.8 Å². The first kappa shape index (κ1) is 19.9. The van der Waals surface area contributed by atoms with Crippen LogP contribution in [0.3, 0.4) is 0 Å². The molecule has 1 unspecified atom stereocenters. The molecule has 1 saturated heterocycles. The zero-order chi connectivity index (χ0) is 16.8. The molecule has 2 N–H and O–H groups in total. The fraction of sp³-hybridized carbons (Fsp3) is 0.444. The van der Waals surface area contributed by atoms with Crippen LogP contribution in [0.4, 0.5) is 5.69 Å². The van der Waals surface area contributed by atoms with E-state index in [0.717, 1.165) is 42.6 Å². The number of nitrogens with one attached hydrogen (secondary N) is 2. The maximum atomic E-state index is 12.0. The third-order valence-electron chi connectivity index (χ3n) is 4.41. The van der Waals surface area contributed by atoms with Gasteiger partial charge in [-0.3, -0.25) is 9.48 Å². The lowest BCUT2D eigenvalue weighted by Gasteiger charge is -2.09. The van der Waals surface area contributed by atoms with Crippen LogP contribution in [0.2, 0.25) is 0 Å². The predicted octanol–water partition coefficient (Wildman–Crippen LogP) is 3.64. The van der Waals surface area contributed by atoms with Crippen LogP contribution in [0.15, 0.2) is 41.1 Å². The molecule has 1 atom stereocenters. The van der Waals surface area contributed by atoms with E-state index >= 15 is 0 Å². The van der Waals surface area contributed by atoms with E-state index in [1.807, 2.05) is 23.0 Å². The molecule has 1 amide bonds. The second kappa shape index (κ2) is 9.94. The first-order valence-electron chi connectivity index (χ1n) is 8.46. The van der Waals surface area contributed by atoms with Crippen molar-refractivity contribution in [1.82, 2.24) is 15.1 Å². The molecule has 2 heterocycles. The monoisotopic (exact) mass is 426 g/mol. The lowest BCUT2D eigenvalue weighted by Crippen LogP contribution is -2.15. The maximum Gasteiger partial charge on any atom is 0.224 e. The van der Waals surface area contributed by atoms with Gasteiger partial charge in [0.25, 0.3) is 0 Å².